The molecule has 0 aromatic heterocycles. The van der Waals surface area contributed by atoms with Gasteiger partial charge in [-0.15, -0.1) is 11.8 Å². The van der Waals surface area contributed by atoms with E-state index in [1.807, 2.05) is 37.4 Å². The maximum absolute atomic E-state index is 12.8. The van der Waals surface area contributed by atoms with Crippen LogP contribution in [0.25, 0.3) is 0 Å². The van der Waals surface area contributed by atoms with Crippen molar-refractivity contribution in [3.8, 4) is 0 Å². The van der Waals surface area contributed by atoms with Crippen molar-refractivity contribution >= 4 is 29.3 Å². The maximum Gasteiger partial charge on any atom is 0.229 e. The second-order valence-electron chi connectivity index (χ2n) is 6.59. The van der Waals surface area contributed by atoms with Gasteiger partial charge in [0.25, 0.3) is 0 Å². The van der Waals surface area contributed by atoms with Crippen molar-refractivity contribution < 1.29 is 9.90 Å². The van der Waals surface area contributed by atoms with Gasteiger partial charge in [0, 0.05) is 23.0 Å². The zero-order valence-corrected chi connectivity index (χ0v) is 16.1. The third-order valence-corrected chi connectivity index (χ3v) is 6.20. The maximum atomic E-state index is 12.8. The summed E-state index contributed by atoms with van der Waals surface area (Å²) in [7, 11) is 1.80. The predicted molar refractivity (Wildman–Crippen MR) is 103 cm³/mol. The summed E-state index contributed by atoms with van der Waals surface area (Å²) < 4.78 is 0. The Kier molecular flexibility index (Phi) is 5.14. The van der Waals surface area contributed by atoms with Gasteiger partial charge in [-0.2, -0.15) is 0 Å². The van der Waals surface area contributed by atoms with E-state index in [0.717, 1.165) is 10.5 Å². The van der Waals surface area contributed by atoms with E-state index in [2.05, 4.69) is 0 Å². The molecule has 1 aliphatic heterocycles. The van der Waals surface area contributed by atoms with E-state index in [1.54, 1.807) is 48.0 Å². The number of hydrogen-bond donors (Lipinski definition) is 1. The third-order valence-electron chi connectivity index (χ3n) is 5.20. The van der Waals surface area contributed by atoms with Crippen molar-refractivity contribution in [2.45, 2.75) is 29.9 Å². The summed E-state index contributed by atoms with van der Waals surface area (Å²) in [4.78, 5) is 15.7. The Bertz CT molecular complexity index is 762. The molecule has 5 heteroatoms. The molecule has 0 radical (unpaired) electrons. The molecule has 1 fully saturated rings. The number of rotatable bonds is 4. The molecule has 3 atom stereocenters. The number of aliphatic hydroxyl groups is 1. The van der Waals surface area contributed by atoms with Crippen LogP contribution in [0.2, 0.25) is 5.02 Å². The van der Waals surface area contributed by atoms with Crippen LogP contribution in [0.3, 0.4) is 0 Å². The first-order chi connectivity index (χ1) is 11.9. The molecule has 3 nitrogen and oxygen atoms in total. The monoisotopic (exact) mass is 375 g/mol. The molecular weight excluding hydrogens is 354 g/mol. The highest BCUT2D eigenvalue weighted by Crippen LogP contribution is 2.44. The standard InChI is InChI=1S/C20H22ClNO2S/c1-13-12-18(19(23)22(13)2)20(24,14-4-8-16(21)9-5-14)15-6-10-17(25-3)11-7-15/h4-11,13,18,24H,12H2,1-3H3. The van der Waals surface area contributed by atoms with Crippen LogP contribution in [-0.4, -0.2) is 35.3 Å². The number of carbonyl (C=O) groups is 1. The smallest absolute Gasteiger partial charge is 0.229 e. The van der Waals surface area contributed by atoms with E-state index in [9.17, 15) is 9.90 Å². The lowest BCUT2D eigenvalue weighted by molar-refractivity contribution is -0.136. The SMILES string of the molecule is CSc1ccc(C(O)(c2ccc(Cl)cc2)C2CC(C)N(C)C2=O)cc1. The zero-order valence-electron chi connectivity index (χ0n) is 14.6. The summed E-state index contributed by atoms with van der Waals surface area (Å²) >= 11 is 7.67. The van der Waals surface area contributed by atoms with Gasteiger partial charge in [0.15, 0.2) is 0 Å². The summed E-state index contributed by atoms with van der Waals surface area (Å²) in [5, 5.41) is 12.4. The van der Waals surface area contributed by atoms with Gasteiger partial charge in [-0.1, -0.05) is 35.9 Å². The second kappa shape index (κ2) is 7.02. The van der Waals surface area contributed by atoms with Crippen LogP contribution in [0.5, 0.6) is 0 Å². The average molecular weight is 376 g/mol. The average Bonchev–Trinajstić information content (AvgIpc) is 2.89. The molecule has 25 heavy (non-hydrogen) atoms. The van der Waals surface area contributed by atoms with Gasteiger partial charge in [-0.3, -0.25) is 4.79 Å². The van der Waals surface area contributed by atoms with Crippen LogP contribution in [-0.2, 0) is 10.4 Å². The molecule has 0 saturated carbocycles. The van der Waals surface area contributed by atoms with Crippen molar-refractivity contribution in [1.29, 1.82) is 0 Å². The Morgan fingerprint density at radius 3 is 2.08 bits per heavy atom. The van der Waals surface area contributed by atoms with Gasteiger partial charge in [0.1, 0.15) is 5.60 Å². The van der Waals surface area contributed by atoms with E-state index < -0.39 is 11.5 Å². The minimum absolute atomic E-state index is 0.0288. The number of benzene rings is 2. The minimum Gasteiger partial charge on any atom is -0.380 e. The van der Waals surface area contributed by atoms with Crippen molar-refractivity contribution in [3.05, 3.63) is 64.7 Å². The minimum atomic E-state index is -1.38. The van der Waals surface area contributed by atoms with Gasteiger partial charge in [-0.25, -0.2) is 0 Å². The van der Waals surface area contributed by atoms with Crippen molar-refractivity contribution in [2.75, 3.05) is 13.3 Å². The van der Waals surface area contributed by atoms with Gasteiger partial charge < -0.3 is 10.0 Å². The number of nitrogens with zero attached hydrogens (tertiary/aromatic N) is 1. The number of amides is 1. The van der Waals surface area contributed by atoms with E-state index in [4.69, 9.17) is 11.6 Å². The normalized spacial score (nSPS) is 22.9. The van der Waals surface area contributed by atoms with E-state index in [0.29, 0.717) is 17.0 Å². The molecule has 132 valence electrons. The fourth-order valence-corrected chi connectivity index (χ4v) is 4.06. The van der Waals surface area contributed by atoms with E-state index in [1.165, 1.54) is 0 Å². The molecule has 1 saturated heterocycles. The lowest BCUT2D eigenvalue weighted by Crippen LogP contribution is -2.41. The van der Waals surface area contributed by atoms with Crippen molar-refractivity contribution in [2.24, 2.45) is 5.92 Å². The molecule has 1 amide bonds. The molecule has 0 bridgehead atoms. The number of hydrogen-bond acceptors (Lipinski definition) is 3. The molecule has 0 spiro atoms. The van der Waals surface area contributed by atoms with Crippen molar-refractivity contribution in [3.63, 3.8) is 0 Å². The lowest BCUT2D eigenvalue weighted by Gasteiger charge is -2.34. The summed E-state index contributed by atoms with van der Waals surface area (Å²) in [5.41, 5.74) is 0.0422. The largest absolute Gasteiger partial charge is 0.380 e. The quantitative estimate of drug-likeness (QED) is 0.815. The molecule has 3 unspecified atom stereocenters. The first kappa shape index (κ1) is 18.3. The van der Waals surface area contributed by atoms with E-state index in [-0.39, 0.29) is 11.9 Å². The van der Waals surface area contributed by atoms with Crippen LogP contribution in [0.4, 0.5) is 0 Å². The number of halogens is 1. The van der Waals surface area contributed by atoms with Crippen molar-refractivity contribution in [1.82, 2.24) is 4.90 Å². The predicted octanol–water partition coefficient (Wildman–Crippen LogP) is 4.16. The van der Waals surface area contributed by atoms with Gasteiger partial charge in [-0.05, 0) is 55.0 Å². The first-order valence-corrected chi connectivity index (χ1v) is 9.87. The Balaban J connectivity index is 2.13. The Hall–Kier alpha value is -1.49. The number of likely N-dealkylation sites (tertiary alicyclic amines) is 1. The molecule has 3 rings (SSSR count). The molecule has 1 heterocycles. The van der Waals surface area contributed by atoms with Gasteiger partial charge >= 0.3 is 0 Å². The third kappa shape index (κ3) is 3.19. The molecule has 1 aliphatic rings. The Morgan fingerprint density at radius 1 is 1.12 bits per heavy atom. The Labute approximate surface area is 158 Å². The number of thioether (sulfide) groups is 1. The Morgan fingerprint density at radius 2 is 1.64 bits per heavy atom. The van der Waals surface area contributed by atoms with Crippen LogP contribution >= 0.6 is 23.4 Å². The molecule has 0 aliphatic carbocycles. The summed E-state index contributed by atoms with van der Waals surface area (Å²) in [5.74, 6) is -0.548. The fourth-order valence-electron chi connectivity index (χ4n) is 3.53. The van der Waals surface area contributed by atoms with Crippen LogP contribution in [0, 0.1) is 5.92 Å². The molecule has 2 aromatic rings. The van der Waals surface area contributed by atoms with Crippen LogP contribution in [0.15, 0.2) is 53.4 Å². The highest BCUT2D eigenvalue weighted by atomic mass is 35.5. The first-order valence-electron chi connectivity index (χ1n) is 8.27. The highest BCUT2D eigenvalue weighted by molar-refractivity contribution is 7.98. The molecule has 2 aromatic carbocycles. The van der Waals surface area contributed by atoms with Gasteiger partial charge in [0.2, 0.25) is 5.91 Å². The molecule has 1 N–H and O–H groups in total. The number of carbonyl (C=O) groups excluding carboxylic acids is 1. The zero-order chi connectivity index (χ0) is 18.2. The summed E-state index contributed by atoms with van der Waals surface area (Å²) in [6, 6.07) is 15.0. The van der Waals surface area contributed by atoms with E-state index >= 15 is 0 Å². The summed E-state index contributed by atoms with van der Waals surface area (Å²) in [6.45, 7) is 2.01. The fraction of sp³-hybridized carbons (Fsp3) is 0.350. The summed E-state index contributed by atoms with van der Waals surface area (Å²) in [6.07, 6.45) is 2.62. The lowest BCUT2D eigenvalue weighted by atomic mass is 9.75. The highest BCUT2D eigenvalue weighted by Gasteiger charge is 2.50. The second-order valence-corrected chi connectivity index (χ2v) is 7.90. The van der Waals surface area contributed by atoms with Gasteiger partial charge in [0.05, 0.1) is 5.92 Å². The van der Waals surface area contributed by atoms with Crippen LogP contribution in [0.1, 0.15) is 24.5 Å². The topological polar surface area (TPSA) is 40.5 Å². The molecular formula is C20H22ClNO2S. The van der Waals surface area contributed by atoms with Crippen LogP contribution < -0.4 is 0 Å².